The van der Waals surface area contributed by atoms with Gasteiger partial charge in [-0.3, -0.25) is 0 Å². The van der Waals surface area contributed by atoms with Crippen LogP contribution in [0.3, 0.4) is 0 Å². The fourth-order valence-corrected chi connectivity index (χ4v) is 2.53. The molecule has 0 radical (unpaired) electrons. The first kappa shape index (κ1) is 14.2. The number of aryl methyl sites for hydroxylation is 1. The number of nitrogen functional groups attached to an aromatic ring is 1. The molecule has 0 atom stereocenters. The standard InChI is InChI=1S/C20H19NO/c1-14-8-13-19(21)20(15(14)2)16-9-11-18(12-10-16)22-17-6-4-3-5-7-17/h3-13H,21H2,1-2H3. The summed E-state index contributed by atoms with van der Waals surface area (Å²) in [6, 6.07) is 21.8. The fraction of sp³-hybridized carbons (Fsp3) is 0.100. The van der Waals surface area contributed by atoms with Crippen molar-refractivity contribution in [3.8, 4) is 22.6 Å². The SMILES string of the molecule is Cc1ccc(N)c(-c2ccc(Oc3ccccc3)cc2)c1C. The Morgan fingerprint density at radius 1 is 0.727 bits per heavy atom. The molecule has 2 N–H and O–H groups in total. The number of nitrogens with two attached hydrogens (primary N) is 1. The Morgan fingerprint density at radius 3 is 2.05 bits per heavy atom. The van der Waals surface area contributed by atoms with Crippen molar-refractivity contribution in [1.29, 1.82) is 0 Å². The van der Waals surface area contributed by atoms with E-state index in [4.69, 9.17) is 10.5 Å². The van der Waals surface area contributed by atoms with Crippen molar-refractivity contribution in [3.05, 3.63) is 77.9 Å². The lowest BCUT2D eigenvalue weighted by Crippen LogP contribution is -1.95. The summed E-state index contributed by atoms with van der Waals surface area (Å²) in [7, 11) is 0. The third-order valence-electron chi connectivity index (χ3n) is 3.89. The second kappa shape index (κ2) is 5.94. The molecule has 0 unspecified atom stereocenters. The first-order chi connectivity index (χ1) is 10.6. The molecule has 0 aliphatic heterocycles. The fourth-order valence-electron chi connectivity index (χ4n) is 2.53. The van der Waals surface area contributed by atoms with Gasteiger partial charge in [-0.1, -0.05) is 36.4 Å². The van der Waals surface area contributed by atoms with E-state index < -0.39 is 0 Å². The maximum absolute atomic E-state index is 6.15. The third kappa shape index (κ3) is 2.82. The average molecular weight is 289 g/mol. The minimum Gasteiger partial charge on any atom is -0.457 e. The maximum atomic E-state index is 6.15. The van der Waals surface area contributed by atoms with Crippen molar-refractivity contribution in [2.24, 2.45) is 0 Å². The van der Waals surface area contributed by atoms with Crippen molar-refractivity contribution >= 4 is 5.69 Å². The Balaban J connectivity index is 1.91. The molecule has 0 spiro atoms. The average Bonchev–Trinajstić information content (AvgIpc) is 2.54. The summed E-state index contributed by atoms with van der Waals surface area (Å²) in [5.41, 5.74) is 11.6. The van der Waals surface area contributed by atoms with E-state index in [1.54, 1.807) is 0 Å². The van der Waals surface area contributed by atoms with Crippen LogP contribution in [0.4, 0.5) is 5.69 Å². The molecule has 0 heterocycles. The van der Waals surface area contributed by atoms with Crippen LogP contribution in [0.2, 0.25) is 0 Å². The Hall–Kier alpha value is -2.74. The molecule has 0 saturated heterocycles. The molecule has 22 heavy (non-hydrogen) atoms. The molecule has 3 rings (SSSR count). The van der Waals surface area contributed by atoms with Crippen LogP contribution in [0, 0.1) is 13.8 Å². The highest BCUT2D eigenvalue weighted by Crippen LogP contribution is 2.33. The molecule has 110 valence electrons. The number of rotatable bonds is 3. The minimum atomic E-state index is 0.805. The lowest BCUT2D eigenvalue weighted by atomic mass is 9.95. The maximum Gasteiger partial charge on any atom is 0.127 e. The molecule has 0 aliphatic carbocycles. The molecule has 3 aromatic carbocycles. The van der Waals surface area contributed by atoms with Gasteiger partial charge in [0.15, 0.2) is 0 Å². The van der Waals surface area contributed by atoms with Crippen molar-refractivity contribution in [3.63, 3.8) is 0 Å². The van der Waals surface area contributed by atoms with Crippen LogP contribution in [0.1, 0.15) is 11.1 Å². The number of para-hydroxylation sites is 1. The number of ether oxygens (including phenoxy) is 1. The van der Waals surface area contributed by atoms with Gasteiger partial charge >= 0.3 is 0 Å². The van der Waals surface area contributed by atoms with Crippen molar-refractivity contribution in [2.45, 2.75) is 13.8 Å². The van der Waals surface area contributed by atoms with E-state index in [0.717, 1.165) is 28.3 Å². The van der Waals surface area contributed by atoms with Crippen LogP contribution >= 0.6 is 0 Å². The smallest absolute Gasteiger partial charge is 0.127 e. The predicted octanol–water partition coefficient (Wildman–Crippen LogP) is 5.34. The molecular formula is C20H19NO. The normalized spacial score (nSPS) is 10.5. The van der Waals surface area contributed by atoms with Crippen molar-refractivity contribution < 1.29 is 4.74 Å². The van der Waals surface area contributed by atoms with Crippen LogP contribution in [0.5, 0.6) is 11.5 Å². The van der Waals surface area contributed by atoms with E-state index in [1.807, 2.05) is 48.5 Å². The van der Waals surface area contributed by atoms with Gasteiger partial charge < -0.3 is 10.5 Å². The molecule has 0 aromatic heterocycles. The highest BCUT2D eigenvalue weighted by Gasteiger charge is 2.08. The van der Waals surface area contributed by atoms with Gasteiger partial charge in [0, 0.05) is 11.3 Å². The largest absolute Gasteiger partial charge is 0.457 e. The summed E-state index contributed by atoms with van der Waals surface area (Å²) in [5.74, 6) is 1.65. The highest BCUT2D eigenvalue weighted by molar-refractivity contribution is 5.80. The molecule has 0 bridgehead atoms. The zero-order valence-corrected chi connectivity index (χ0v) is 12.8. The first-order valence-corrected chi connectivity index (χ1v) is 7.34. The molecule has 0 saturated carbocycles. The summed E-state index contributed by atoms with van der Waals surface area (Å²) >= 11 is 0. The Labute approximate surface area is 131 Å². The number of anilines is 1. The van der Waals surface area contributed by atoms with Gasteiger partial charge in [-0.05, 0) is 60.9 Å². The number of hydrogen-bond donors (Lipinski definition) is 1. The van der Waals surface area contributed by atoms with Crippen molar-refractivity contribution in [1.82, 2.24) is 0 Å². The van der Waals surface area contributed by atoms with E-state index in [2.05, 4.69) is 32.0 Å². The molecule has 2 heteroatoms. The topological polar surface area (TPSA) is 35.2 Å². The van der Waals surface area contributed by atoms with Crippen LogP contribution in [-0.2, 0) is 0 Å². The molecule has 3 aromatic rings. The van der Waals surface area contributed by atoms with E-state index in [0.29, 0.717) is 0 Å². The summed E-state index contributed by atoms with van der Waals surface area (Å²) in [6.45, 7) is 4.21. The second-order valence-corrected chi connectivity index (χ2v) is 5.41. The Morgan fingerprint density at radius 2 is 1.36 bits per heavy atom. The van der Waals surface area contributed by atoms with Gasteiger partial charge in [0.2, 0.25) is 0 Å². The van der Waals surface area contributed by atoms with E-state index in [1.165, 1.54) is 11.1 Å². The van der Waals surface area contributed by atoms with Gasteiger partial charge in [0.25, 0.3) is 0 Å². The van der Waals surface area contributed by atoms with Gasteiger partial charge in [0.1, 0.15) is 11.5 Å². The summed E-state index contributed by atoms with van der Waals surface area (Å²) in [4.78, 5) is 0. The Bertz CT molecular complexity index is 777. The molecule has 0 aliphatic rings. The van der Waals surface area contributed by atoms with Crippen LogP contribution in [0.25, 0.3) is 11.1 Å². The van der Waals surface area contributed by atoms with Crippen LogP contribution in [0.15, 0.2) is 66.7 Å². The minimum absolute atomic E-state index is 0.805. The highest BCUT2D eigenvalue weighted by atomic mass is 16.5. The predicted molar refractivity (Wildman–Crippen MR) is 92.3 cm³/mol. The first-order valence-electron chi connectivity index (χ1n) is 7.34. The monoisotopic (exact) mass is 289 g/mol. The van der Waals surface area contributed by atoms with Gasteiger partial charge in [-0.25, -0.2) is 0 Å². The lowest BCUT2D eigenvalue weighted by Gasteiger charge is -2.13. The van der Waals surface area contributed by atoms with Crippen molar-refractivity contribution in [2.75, 3.05) is 5.73 Å². The van der Waals surface area contributed by atoms with Gasteiger partial charge in [0.05, 0.1) is 0 Å². The molecule has 0 fully saturated rings. The quantitative estimate of drug-likeness (QED) is 0.660. The van der Waals surface area contributed by atoms with Gasteiger partial charge in [-0.2, -0.15) is 0 Å². The number of benzene rings is 3. The van der Waals surface area contributed by atoms with E-state index in [-0.39, 0.29) is 0 Å². The summed E-state index contributed by atoms with van der Waals surface area (Å²) in [5, 5.41) is 0. The van der Waals surface area contributed by atoms with Crippen LogP contribution < -0.4 is 10.5 Å². The number of hydrogen-bond acceptors (Lipinski definition) is 2. The van der Waals surface area contributed by atoms with Crippen LogP contribution in [-0.4, -0.2) is 0 Å². The third-order valence-corrected chi connectivity index (χ3v) is 3.89. The lowest BCUT2D eigenvalue weighted by molar-refractivity contribution is 0.483. The van der Waals surface area contributed by atoms with Gasteiger partial charge in [-0.15, -0.1) is 0 Å². The van der Waals surface area contributed by atoms with E-state index in [9.17, 15) is 0 Å². The Kier molecular flexibility index (Phi) is 3.84. The second-order valence-electron chi connectivity index (χ2n) is 5.41. The molecule has 2 nitrogen and oxygen atoms in total. The molecule has 0 amide bonds. The zero-order valence-electron chi connectivity index (χ0n) is 12.8. The summed E-state index contributed by atoms with van der Waals surface area (Å²) in [6.07, 6.45) is 0. The summed E-state index contributed by atoms with van der Waals surface area (Å²) < 4.78 is 5.82. The zero-order chi connectivity index (χ0) is 15.5. The van der Waals surface area contributed by atoms with E-state index >= 15 is 0 Å². The molecular weight excluding hydrogens is 270 g/mol.